The average molecular weight is 506 g/mol. The summed E-state index contributed by atoms with van der Waals surface area (Å²) in [6, 6.07) is 10.7. The molecule has 8 nitrogen and oxygen atoms in total. The molecule has 196 valence electrons. The normalized spacial score (nSPS) is 18.4. The van der Waals surface area contributed by atoms with E-state index in [0.717, 1.165) is 10.9 Å². The van der Waals surface area contributed by atoms with Crippen LogP contribution in [0.25, 0.3) is 21.8 Å². The topological polar surface area (TPSA) is 92.2 Å². The molecule has 37 heavy (non-hydrogen) atoms. The Morgan fingerprint density at radius 1 is 0.784 bits per heavy atom. The van der Waals surface area contributed by atoms with E-state index in [0.29, 0.717) is 69.1 Å². The number of fused-ring (bicyclic) bond motifs is 2. The highest BCUT2D eigenvalue weighted by molar-refractivity contribution is 6.10. The van der Waals surface area contributed by atoms with Crippen molar-refractivity contribution in [2.24, 2.45) is 0 Å². The number of phenols is 1. The van der Waals surface area contributed by atoms with Crippen LogP contribution in [0.1, 0.15) is 48.4 Å². The van der Waals surface area contributed by atoms with E-state index in [9.17, 15) is 14.7 Å². The largest absolute Gasteiger partial charge is 0.506 e. The van der Waals surface area contributed by atoms with Crippen LogP contribution < -0.4 is 0 Å². The van der Waals surface area contributed by atoms with Crippen LogP contribution in [-0.4, -0.2) is 95.1 Å². The fraction of sp³-hybridized carbons (Fsp3) is 0.483. The van der Waals surface area contributed by atoms with E-state index in [-0.39, 0.29) is 22.9 Å². The van der Waals surface area contributed by atoms with E-state index in [2.05, 4.69) is 9.80 Å². The Morgan fingerprint density at radius 3 is 1.92 bits per heavy atom. The molecule has 2 aliphatic heterocycles. The van der Waals surface area contributed by atoms with Gasteiger partial charge in [-0.25, -0.2) is 4.98 Å². The van der Waals surface area contributed by atoms with Gasteiger partial charge in [-0.2, -0.15) is 0 Å². The number of phenolic OH excluding ortho intramolecular Hbond substituents is 1. The SMILES string of the molecule is CC(C)(C(=O)c1ccc2nc3ccc(C(=O)C(C)(C)N4CCOCC4)c(O)c3cc2c1)N1CCOCC1. The van der Waals surface area contributed by atoms with Gasteiger partial charge in [0, 0.05) is 42.5 Å². The maximum Gasteiger partial charge on any atom is 0.186 e. The smallest absolute Gasteiger partial charge is 0.186 e. The van der Waals surface area contributed by atoms with Gasteiger partial charge in [-0.1, -0.05) is 0 Å². The van der Waals surface area contributed by atoms with Crippen LogP contribution >= 0.6 is 0 Å². The van der Waals surface area contributed by atoms with E-state index in [4.69, 9.17) is 14.5 Å². The van der Waals surface area contributed by atoms with E-state index < -0.39 is 11.1 Å². The molecule has 0 aliphatic carbocycles. The van der Waals surface area contributed by atoms with Gasteiger partial charge >= 0.3 is 0 Å². The standard InChI is InChI=1S/C29H35N3O5/c1-28(2,31-9-13-36-14-10-31)26(34)19-5-7-23-20(17-19)18-22-24(30-23)8-6-21(25(22)33)27(35)29(3,4)32-11-15-37-16-12-32/h5-8,17-18,33H,9-16H2,1-4H3. The first-order valence-corrected chi connectivity index (χ1v) is 12.9. The molecule has 2 saturated heterocycles. The van der Waals surface area contributed by atoms with Crippen LogP contribution in [0.2, 0.25) is 0 Å². The Bertz CT molecular complexity index is 1350. The van der Waals surface area contributed by atoms with Gasteiger partial charge in [0.05, 0.1) is 54.1 Å². The predicted octanol–water partition coefficient (Wildman–Crippen LogP) is 3.68. The zero-order chi connectivity index (χ0) is 26.4. The maximum atomic E-state index is 13.6. The second-order valence-corrected chi connectivity index (χ2v) is 10.9. The lowest BCUT2D eigenvalue weighted by molar-refractivity contribution is -0.00446. The number of aromatic hydroxyl groups is 1. The first-order chi connectivity index (χ1) is 17.6. The lowest BCUT2D eigenvalue weighted by Crippen LogP contribution is -2.54. The highest BCUT2D eigenvalue weighted by atomic mass is 16.5. The predicted molar refractivity (Wildman–Crippen MR) is 143 cm³/mol. The summed E-state index contributed by atoms with van der Waals surface area (Å²) >= 11 is 0. The molecule has 0 amide bonds. The van der Waals surface area contributed by atoms with Crippen molar-refractivity contribution in [2.75, 3.05) is 52.6 Å². The summed E-state index contributed by atoms with van der Waals surface area (Å²) in [6.07, 6.45) is 0. The summed E-state index contributed by atoms with van der Waals surface area (Å²) < 4.78 is 10.9. The third-order valence-corrected chi connectivity index (χ3v) is 7.98. The zero-order valence-electron chi connectivity index (χ0n) is 22.0. The molecular weight excluding hydrogens is 470 g/mol. The van der Waals surface area contributed by atoms with Gasteiger partial charge in [0.15, 0.2) is 11.6 Å². The summed E-state index contributed by atoms with van der Waals surface area (Å²) in [7, 11) is 0. The van der Waals surface area contributed by atoms with Crippen LogP contribution in [0.3, 0.4) is 0 Å². The minimum Gasteiger partial charge on any atom is -0.506 e. The fourth-order valence-corrected chi connectivity index (χ4v) is 5.43. The van der Waals surface area contributed by atoms with Gasteiger partial charge in [-0.3, -0.25) is 19.4 Å². The third-order valence-electron chi connectivity index (χ3n) is 7.98. The third kappa shape index (κ3) is 4.63. The number of benzene rings is 2. The Hall–Kier alpha value is -2.91. The lowest BCUT2D eigenvalue weighted by Gasteiger charge is -2.39. The Kier molecular flexibility index (Phi) is 6.79. The monoisotopic (exact) mass is 505 g/mol. The number of pyridine rings is 1. The van der Waals surface area contributed by atoms with Gasteiger partial charge in [-0.15, -0.1) is 0 Å². The number of ether oxygens (including phenoxy) is 2. The summed E-state index contributed by atoms with van der Waals surface area (Å²) in [4.78, 5) is 36.1. The van der Waals surface area contributed by atoms with Crippen molar-refractivity contribution in [3.05, 3.63) is 47.5 Å². The van der Waals surface area contributed by atoms with E-state index >= 15 is 0 Å². The summed E-state index contributed by atoms with van der Waals surface area (Å²) in [5, 5.41) is 12.5. The number of nitrogens with zero attached hydrogens (tertiary/aromatic N) is 3. The molecule has 2 aliphatic rings. The summed E-state index contributed by atoms with van der Waals surface area (Å²) in [5.74, 6) is -0.203. The first kappa shape index (κ1) is 25.7. The molecule has 3 heterocycles. The van der Waals surface area contributed by atoms with Crippen molar-refractivity contribution in [1.29, 1.82) is 0 Å². The van der Waals surface area contributed by atoms with Gasteiger partial charge in [0.1, 0.15) is 5.75 Å². The summed E-state index contributed by atoms with van der Waals surface area (Å²) in [6.45, 7) is 12.8. The van der Waals surface area contributed by atoms with Crippen LogP contribution in [0.15, 0.2) is 36.4 Å². The van der Waals surface area contributed by atoms with Gasteiger partial charge in [-0.05, 0) is 64.1 Å². The molecule has 1 aromatic heterocycles. The number of Topliss-reactive ketones (excluding diaryl/α,β-unsaturated/α-hetero) is 2. The Labute approximate surface area is 217 Å². The van der Waals surface area contributed by atoms with E-state index in [1.165, 1.54) is 0 Å². The van der Waals surface area contributed by atoms with Crippen LogP contribution in [0.5, 0.6) is 5.75 Å². The molecule has 2 fully saturated rings. The number of rotatable bonds is 6. The Morgan fingerprint density at radius 2 is 1.32 bits per heavy atom. The van der Waals surface area contributed by atoms with Gasteiger partial charge in [0.2, 0.25) is 0 Å². The molecule has 0 bridgehead atoms. The van der Waals surface area contributed by atoms with E-state index in [1.807, 2.05) is 52.0 Å². The van der Waals surface area contributed by atoms with Crippen LogP contribution in [0, 0.1) is 0 Å². The van der Waals surface area contributed by atoms with Gasteiger partial charge < -0.3 is 14.6 Å². The number of ketones is 2. The minimum atomic E-state index is -0.788. The first-order valence-electron chi connectivity index (χ1n) is 12.9. The number of carbonyl (C=O) groups excluding carboxylic acids is 2. The molecule has 8 heteroatoms. The number of morpholine rings is 2. The second-order valence-electron chi connectivity index (χ2n) is 10.9. The minimum absolute atomic E-state index is 0.0248. The van der Waals surface area contributed by atoms with Crippen LogP contribution in [-0.2, 0) is 9.47 Å². The number of carbonyl (C=O) groups is 2. The molecular formula is C29H35N3O5. The molecule has 1 N–H and O–H groups in total. The fourth-order valence-electron chi connectivity index (χ4n) is 5.43. The molecule has 0 spiro atoms. The van der Waals surface area contributed by atoms with Crippen LogP contribution in [0.4, 0.5) is 0 Å². The lowest BCUT2D eigenvalue weighted by atomic mass is 9.89. The quantitative estimate of drug-likeness (QED) is 0.401. The molecule has 5 rings (SSSR count). The zero-order valence-corrected chi connectivity index (χ0v) is 22.0. The molecule has 0 unspecified atom stereocenters. The molecule has 2 aromatic carbocycles. The molecule has 0 radical (unpaired) electrons. The van der Waals surface area contributed by atoms with Gasteiger partial charge in [0.25, 0.3) is 0 Å². The maximum absolute atomic E-state index is 13.6. The van der Waals surface area contributed by atoms with Crippen molar-refractivity contribution in [1.82, 2.24) is 14.8 Å². The highest BCUT2D eigenvalue weighted by Gasteiger charge is 2.38. The van der Waals surface area contributed by atoms with E-state index in [1.54, 1.807) is 12.1 Å². The summed E-state index contributed by atoms with van der Waals surface area (Å²) in [5.41, 5.74) is 0.716. The van der Waals surface area contributed by atoms with Crippen molar-refractivity contribution < 1.29 is 24.2 Å². The van der Waals surface area contributed by atoms with Crippen molar-refractivity contribution >= 4 is 33.4 Å². The molecule has 3 aromatic rings. The number of aromatic nitrogens is 1. The van der Waals surface area contributed by atoms with Crippen molar-refractivity contribution in [3.63, 3.8) is 0 Å². The number of hydrogen-bond donors (Lipinski definition) is 1. The Balaban J connectivity index is 1.51. The second kappa shape index (κ2) is 9.76. The van der Waals surface area contributed by atoms with Crippen molar-refractivity contribution in [2.45, 2.75) is 38.8 Å². The molecule has 0 atom stereocenters. The number of hydrogen-bond acceptors (Lipinski definition) is 8. The average Bonchev–Trinajstić information content (AvgIpc) is 2.92. The molecule has 0 saturated carbocycles. The van der Waals surface area contributed by atoms with Crippen molar-refractivity contribution in [3.8, 4) is 5.75 Å². The highest BCUT2D eigenvalue weighted by Crippen LogP contribution is 2.34.